The van der Waals surface area contributed by atoms with Gasteiger partial charge < -0.3 is 10.1 Å². The first-order valence-corrected chi connectivity index (χ1v) is 9.85. The number of rotatable bonds is 5. The van der Waals surface area contributed by atoms with Crippen LogP contribution in [0.4, 0.5) is 0 Å². The molecule has 2 heterocycles. The Labute approximate surface area is 164 Å². The fourth-order valence-electron chi connectivity index (χ4n) is 3.74. The Morgan fingerprint density at radius 1 is 1.11 bits per heavy atom. The largest absolute Gasteiger partial charge is 0.492 e. The van der Waals surface area contributed by atoms with Gasteiger partial charge in [-0.1, -0.05) is 24.3 Å². The molecule has 0 saturated carbocycles. The predicted molar refractivity (Wildman–Crippen MR) is 111 cm³/mol. The molecule has 1 aromatic heterocycles. The molecule has 2 aromatic carbocycles. The average Bonchev–Trinajstić information content (AvgIpc) is 2.71. The van der Waals surface area contributed by atoms with E-state index in [1.54, 1.807) is 4.57 Å². The maximum atomic E-state index is 13.5. The highest BCUT2D eigenvalue weighted by Crippen LogP contribution is 2.24. The summed E-state index contributed by atoms with van der Waals surface area (Å²) in [5, 5.41) is 4.01. The number of piperazine rings is 1. The summed E-state index contributed by atoms with van der Waals surface area (Å²) in [5.41, 5.74) is 2.49. The molecule has 146 valence electrons. The normalized spacial score (nSPS) is 15.1. The van der Waals surface area contributed by atoms with E-state index in [1.807, 2.05) is 56.3 Å². The number of fused-ring (bicyclic) bond motifs is 1. The molecular formula is C22H26N4O2. The number of nitrogens with zero attached hydrogens (tertiary/aromatic N) is 3. The Hall–Kier alpha value is -2.70. The number of nitrogens with one attached hydrogen (secondary N) is 1. The summed E-state index contributed by atoms with van der Waals surface area (Å²) >= 11 is 0. The van der Waals surface area contributed by atoms with Gasteiger partial charge in [0, 0.05) is 26.2 Å². The monoisotopic (exact) mass is 378 g/mol. The number of aryl methyl sites for hydroxylation is 1. The van der Waals surface area contributed by atoms with Gasteiger partial charge in [-0.25, -0.2) is 4.98 Å². The molecule has 28 heavy (non-hydrogen) atoms. The van der Waals surface area contributed by atoms with Gasteiger partial charge in [-0.05, 0) is 37.6 Å². The second kappa shape index (κ2) is 8.12. The van der Waals surface area contributed by atoms with Crippen LogP contribution in [-0.2, 0) is 6.54 Å². The van der Waals surface area contributed by atoms with Crippen molar-refractivity contribution in [3.05, 3.63) is 64.2 Å². The molecule has 6 nitrogen and oxygen atoms in total. The highest BCUT2D eigenvalue weighted by atomic mass is 16.5. The van der Waals surface area contributed by atoms with E-state index in [-0.39, 0.29) is 5.56 Å². The maximum Gasteiger partial charge on any atom is 0.266 e. The standard InChI is InChI=1S/C22H26N4O2/c1-3-28-19-10-5-4-9-18(19)26-20(15-25-13-11-23-12-14-25)24-21-16(2)7-6-8-17(21)22(26)27/h4-10,23H,3,11-15H2,1-2H3. The second-order valence-electron chi connectivity index (χ2n) is 7.07. The fraction of sp³-hybridized carbons (Fsp3) is 0.364. The van der Waals surface area contributed by atoms with Crippen LogP contribution in [0.2, 0.25) is 0 Å². The summed E-state index contributed by atoms with van der Waals surface area (Å²) in [4.78, 5) is 20.8. The SMILES string of the molecule is CCOc1ccccc1-n1c(CN2CCNCC2)nc2c(C)cccc2c1=O. The van der Waals surface area contributed by atoms with Gasteiger partial charge >= 0.3 is 0 Å². The maximum absolute atomic E-state index is 13.5. The molecule has 1 fully saturated rings. The van der Waals surface area contributed by atoms with Crippen molar-refractivity contribution in [3.8, 4) is 11.4 Å². The second-order valence-corrected chi connectivity index (χ2v) is 7.07. The topological polar surface area (TPSA) is 59.4 Å². The van der Waals surface area contributed by atoms with E-state index in [0.29, 0.717) is 24.3 Å². The summed E-state index contributed by atoms with van der Waals surface area (Å²) < 4.78 is 7.55. The molecule has 0 bridgehead atoms. The van der Waals surface area contributed by atoms with E-state index in [1.165, 1.54) is 0 Å². The fourth-order valence-corrected chi connectivity index (χ4v) is 3.74. The third kappa shape index (κ3) is 3.53. The lowest BCUT2D eigenvalue weighted by Crippen LogP contribution is -2.44. The van der Waals surface area contributed by atoms with Gasteiger partial charge in [-0.15, -0.1) is 0 Å². The van der Waals surface area contributed by atoms with E-state index in [9.17, 15) is 4.79 Å². The molecule has 6 heteroatoms. The molecule has 0 aliphatic carbocycles. The highest BCUT2D eigenvalue weighted by molar-refractivity contribution is 5.81. The Balaban J connectivity index is 1.93. The molecule has 1 aliphatic heterocycles. The van der Waals surface area contributed by atoms with E-state index in [4.69, 9.17) is 9.72 Å². The van der Waals surface area contributed by atoms with Gasteiger partial charge in [0.05, 0.1) is 29.7 Å². The zero-order chi connectivity index (χ0) is 19.5. The van der Waals surface area contributed by atoms with Crippen molar-refractivity contribution in [2.45, 2.75) is 20.4 Å². The van der Waals surface area contributed by atoms with E-state index < -0.39 is 0 Å². The summed E-state index contributed by atoms with van der Waals surface area (Å²) in [6.45, 7) is 8.90. The number of ether oxygens (including phenoxy) is 1. The van der Waals surface area contributed by atoms with Crippen molar-refractivity contribution in [2.24, 2.45) is 0 Å². The molecule has 0 unspecified atom stereocenters. The Bertz CT molecular complexity index is 1040. The zero-order valence-electron chi connectivity index (χ0n) is 16.4. The van der Waals surface area contributed by atoms with E-state index in [2.05, 4.69) is 10.2 Å². The Morgan fingerprint density at radius 3 is 2.68 bits per heavy atom. The highest BCUT2D eigenvalue weighted by Gasteiger charge is 2.19. The molecule has 3 aromatic rings. The minimum Gasteiger partial charge on any atom is -0.492 e. The quantitative estimate of drug-likeness (QED) is 0.739. The van der Waals surface area contributed by atoms with Gasteiger partial charge in [0.1, 0.15) is 11.6 Å². The molecule has 0 atom stereocenters. The summed E-state index contributed by atoms with van der Waals surface area (Å²) in [5.74, 6) is 1.45. The van der Waals surface area contributed by atoms with Crippen LogP contribution in [0.15, 0.2) is 47.3 Å². The average molecular weight is 378 g/mol. The van der Waals surface area contributed by atoms with Gasteiger partial charge in [-0.3, -0.25) is 14.3 Å². The molecule has 0 radical (unpaired) electrons. The minimum absolute atomic E-state index is 0.0500. The third-order valence-corrected chi connectivity index (χ3v) is 5.15. The van der Waals surface area contributed by atoms with Gasteiger partial charge in [0.2, 0.25) is 0 Å². The molecule has 1 N–H and O–H groups in total. The summed E-state index contributed by atoms with van der Waals surface area (Å²) in [7, 11) is 0. The first kappa shape index (κ1) is 18.7. The van der Waals surface area contributed by atoms with Gasteiger partial charge in [-0.2, -0.15) is 0 Å². The smallest absolute Gasteiger partial charge is 0.266 e. The van der Waals surface area contributed by atoms with Crippen LogP contribution >= 0.6 is 0 Å². The summed E-state index contributed by atoms with van der Waals surface area (Å²) in [6, 6.07) is 13.5. The van der Waals surface area contributed by atoms with Crippen molar-refractivity contribution in [3.63, 3.8) is 0 Å². The number of hydrogen-bond acceptors (Lipinski definition) is 5. The molecule has 0 spiro atoms. The van der Waals surface area contributed by atoms with Crippen LogP contribution in [0.3, 0.4) is 0 Å². The molecular weight excluding hydrogens is 352 g/mol. The number of aromatic nitrogens is 2. The number of para-hydroxylation sites is 3. The van der Waals surface area contributed by atoms with Crippen LogP contribution in [-0.4, -0.2) is 47.2 Å². The van der Waals surface area contributed by atoms with Crippen molar-refractivity contribution in [1.82, 2.24) is 19.8 Å². The lowest BCUT2D eigenvalue weighted by Gasteiger charge is -2.28. The van der Waals surface area contributed by atoms with Crippen LogP contribution in [0.5, 0.6) is 5.75 Å². The molecule has 1 saturated heterocycles. The molecule has 4 rings (SSSR count). The predicted octanol–water partition coefficient (Wildman–Crippen LogP) is 2.50. The van der Waals surface area contributed by atoms with Crippen molar-refractivity contribution < 1.29 is 4.74 Å². The van der Waals surface area contributed by atoms with E-state index >= 15 is 0 Å². The van der Waals surface area contributed by atoms with E-state index in [0.717, 1.165) is 48.8 Å². The lowest BCUT2D eigenvalue weighted by molar-refractivity contribution is 0.226. The number of benzene rings is 2. The van der Waals surface area contributed by atoms with Crippen molar-refractivity contribution in [2.75, 3.05) is 32.8 Å². The Morgan fingerprint density at radius 2 is 1.89 bits per heavy atom. The van der Waals surface area contributed by atoms with Gasteiger partial charge in [0.15, 0.2) is 0 Å². The van der Waals surface area contributed by atoms with Gasteiger partial charge in [0.25, 0.3) is 5.56 Å². The van der Waals surface area contributed by atoms with Crippen LogP contribution < -0.4 is 15.6 Å². The van der Waals surface area contributed by atoms with Crippen LogP contribution in [0.25, 0.3) is 16.6 Å². The Kier molecular flexibility index (Phi) is 5.41. The minimum atomic E-state index is -0.0500. The van der Waals surface area contributed by atoms with Crippen molar-refractivity contribution in [1.29, 1.82) is 0 Å². The van der Waals surface area contributed by atoms with Crippen LogP contribution in [0, 0.1) is 6.92 Å². The zero-order valence-corrected chi connectivity index (χ0v) is 16.4. The van der Waals surface area contributed by atoms with Crippen molar-refractivity contribution >= 4 is 10.9 Å². The number of hydrogen-bond donors (Lipinski definition) is 1. The molecule has 1 aliphatic rings. The first-order valence-electron chi connectivity index (χ1n) is 9.85. The van der Waals surface area contributed by atoms with Crippen LogP contribution in [0.1, 0.15) is 18.3 Å². The summed E-state index contributed by atoms with van der Waals surface area (Å²) in [6.07, 6.45) is 0. The molecule has 0 amide bonds. The first-order chi connectivity index (χ1) is 13.7. The lowest BCUT2D eigenvalue weighted by atomic mass is 10.1. The third-order valence-electron chi connectivity index (χ3n) is 5.15.